The Morgan fingerprint density at radius 2 is 2.00 bits per heavy atom. The van der Waals surface area contributed by atoms with Crippen LogP contribution in [0, 0.1) is 0 Å². The van der Waals surface area contributed by atoms with Gasteiger partial charge < -0.3 is 9.55 Å². The summed E-state index contributed by atoms with van der Waals surface area (Å²) in [6.45, 7) is 0. The second kappa shape index (κ2) is 4.40. The van der Waals surface area contributed by atoms with Gasteiger partial charge in [0.25, 0.3) is 5.56 Å². The van der Waals surface area contributed by atoms with Crippen molar-refractivity contribution < 1.29 is 0 Å². The maximum Gasteiger partial charge on any atom is 0.258 e. The van der Waals surface area contributed by atoms with Gasteiger partial charge in [-0.2, -0.15) is 0 Å². The third kappa shape index (κ3) is 1.93. The number of fused-ring (bicyclic) bond motifs is 1. The van der Waals surface area contributed by atoms with Crippen molar-refractivity contribution in [1.29, 1.82) is 0 Å². The first-order valence-electron chi connectivity index (χ1n) is 5.57. The van der Waals surface area contributed by atoms with E-state index in [1.165, 1.54) is 0 Å². The first-order chi connectivity index (χ1) is 9.08. The quantitative estimate of drug-likeness (QED) is 0.749. The predicted octanol–water partition coefficient (Wildman–Crippen LogP) is 3.24. The summed E-state index contributed by atoms with van der Waals surface area (Å²) in [6.07, 6.45) is 1.59. The van der Waals surface area contributed by atoms with E-state index < -0.39 is 0 Å². The average molecular weight is 294 g/mol. The fourth-order valence-corrected chi connectivity index (χ4v) is 2.34. The van der Waals surface area contributed by atoms with Crippen LogP contribution >= 0.6 is 23.2 Å². The molecule has 3 aromatic rings. The first kappa shape index (κ1) is 12.3. The fraction of sp³-hybridized carbons (Fsp3) is 0.0769. The lowest BCUT2D eigenvalue weighted by molar-refractivity contribution is 0.954. The van der Waals surface area contributed by atoms with E-state index in [2.05, 4.69) is 9.97 Å². The van der Waals surface area contributed by atoms with Crippen LogP contribution in [0.4, 0.5) is 0 Å². The van der Waals surface area contributed by atoms with Gasteiger partial charge in [0, 0.05) is 13.2 Å². The Hall–Kier alpha value is -1.78. The zero-order valence-corrected chi connectivity index (χ0v) is 11.5. The lowest BCUT2D eigenvalue weighted by Crippen LogP contribution is -2.09. The summed E-state index contributed by atoms with van der Waals surface area (Å²) in [5.41, 5.74) is 1.86. The molecule has 0 saturated carbocycles. The Bertz CT molecular complexity index is 836. The lowest BCUT2D eigenvalue weighted by atomic mass is 10.2. The van der Waals surface area contributed by atoms with Crippen molar-refractivity contribution in [1.82, 2.24) is 14.5 Å². The number of aromatic nitrogens is 3. The van der Waals surface area contributed by atoms with Crippen LogP contribution in [0.2, 0.25) is 10.0 Å². The highest BCUT2D eigenvalue weighted by Crippen LogP contribution is 2.29. The highest BCUT2D eigenvalue weighted by Gasteiger charge is 2.14. The van der Waals surface area contributed by atoms with Gasteiger partial charge in [-0.1, -0.05) is 23.2 Å². The van der Waals surface area contributed by atoms with Crippen LogP contribution < -0.4 is 5.56 Å². The SMILES string of the molecule is Cn1c(-c2ccc[nH]c2=O)nc2cc(Cl)c(Cl)cc21. The van der Waals surface area contributed by atoms with Crippen molar-refractivity contribution >= 4 is 34.2 Å². The molecule has 6 heteroatoms. The number of halogens is 2. The van der Waals surface area contributed by atoms with Gasteiger partial charge in [-0.3, -0.25) is 4.79 Å². The van der Waals surface area contributed by atoms with Crippen LogP contribution in [0.25, 0.3) is 22.4 Å². The molecule has 1 aromatic carbocycles. The van der Waals surface area contributed by atoms with Gasteiger partial charge in [0.1, 0.15) is 5.82 Å². The molecule has 96 valence electrons. The number of aryl methyl sites for hydroxylation is 1. The largest absolute Gasteiger partial charge is 0.328 e. The van der Waals surface area contributed by atoms with Gasteiger partial charge in [-0.05, 0) is 24.3 Å². The summed E-state index contributed by atoms with van der Waals surface area (Å²) >= 11 is 12.0. The third-order valence-corrected chi connectivity index (χ3v) is 3.70. The highest BCUT2D eigenvalue weighted by atomic mass is 35.5. The second-order valence-electron chi connectivity index (χ2n) is 4.16. The van der Waals surface area contributed by atoms with E-state index in [1.54, 1.807) is 30.5 Å². The minimum absolute atomic E-state index is 0.182. The van der Waals surface area contributed by atoms with Gasteiger partial charge >= 0.3 is 0 Å². The number of aromatic amines is 1. The minimum Gasteiger partial charge on any atom is -0.328 e. The summed E-state index contributed by atoms with van der Waals surface area (Å²) in [4.78, 5) is 18.9. The molecule has 0 aliphatic heterocycles. The van der Waals surface area contributed by atoms with Crippen molar-refractivity contribution in [2.45, 2.75) is 0 Å². The van der Waals surface area contributed by atoms with Gasteiger partial charge in [-0.25, -0.2) is 4.98 Å². The Labute approximate surface area is 118 Å². The fourth-order valence-electron chi connectivity index (χ4n) is 2.03. The van der Waals surface area contributed by atoms with E-state index in [0.29, 0.717) is 26.9 Å². The molecule has 0 spiro atoms. The molecule has 0 radical (unpaired) electrons. The molecule has 0 atom stereocenters. The zero-order valence-electron chi connectivity index (χ0n) is 9.95. The summed E-state index contributed by atoms with van der Waals surface area (Å²) < 4.78 is 1.82. The number of nitrogens with zero attached hydrogens (tertiary/aromatic N) is 2. The molecule has 0 saturated heterocycles. The number of imidazole rings is 1. The number of benzene rings is 1. The van der Waals surface area contributed by atoms with Crippen LogP contribution in [-0.4, -0.2) is 14.5 Å². The molecule has 3 rings (SSSR count). The normalized spacial score (nSPS) is 11.1. The summed E-state index contributed by atoms with van der Waals surface area (Å²) in [5.74, 6) is 0.579. The van der Waals surface area contributed by atoms with E-state index in [1.807, 2.05) is 11.6 Å². The first-order valence-corrected chi connectivity index (χ1v) is 6.33. The Kier molecular flexibility index (Phi) is 2.84. The molecular formula is C13H9Cl2N3O. The van der Waals surface area contributed by atoms with Gasteiger partial charge in [0.2, 0.25) is 0 Å². The molecular weight excluding hydrogens is 285 g/mol. The molecule has 0 aliphatic carbocycles. The number of hydrogen-bond acceptors (Lipinski definition) is 2. The summed E-state index contributed by atoms with van der Waals surface area (Å²) in [6, 6.07) is 6.92. The van der Waals surface area contributed by atoms with Crippen molar-refractivity contribution in [2.24, 2.45) is 7.05 Å². The standard InChI is InChI=1S/C13H9Cl2N3O/c1-18-11-6-9(15)8(14)5-10(11)17-12(18)7-3-2-4-16-13(7)19/h2-6H,1H3,(H,16,19). The molecule has 2 aromatic heterocycles. The van der Waals surface area contributed by atoms with Gasteiger partial charge in [-0.15, -0.1) is 0 Å². The lowest BCUT2D eigenvalue weighted by Gasteiger charge is -2.01. The van der Waals surface area contributed by atoms with Crippen molar-refractivity contribution in [3.63, 3.8) is 0 Å². The molecule has 0 amide bonds. The van der Waals surface area contributed by atoms with Crippen molar-refractivity contribution in [3.8, 4) is 11.4 Å². The Balaban J connectivity index is 2.35. The van der Waals surface area contributed by atoms with Crippen molar-refractivity contribution in [3.05, 3.63) is 50.9 Å². The van der Waals surface area contributed by atoms with E-state index >= 15 is 0 Å². The molecule has 0 bridgehead atoms. The van der Waals surface area contributed by atoms with E-state index in [4.69, 9.17) is 23.2 Å². The molecule has 2 heterocycles. The van der Waals surface area contributed by atoms with Crippen LogP contribution in [-0.2, 0) is 7.05 Å². The monoisotopic (exact) mass is 293 g/mol. The van der Waals surface area contributed by atoms with E-state index in [0.717, 1.165) is 5.52 Å². The molecule has 4 nitrogen and oxygen atoms in total. The van der Waals surface area contributed by atoms with Crippen LogP contribution in [0.5, 0.6) is 0 Å². The number of hydrogen-bond donors (Lipinski definition) is 1. The van der Waals surface area contributed by atoms with Crippen LogP contribution in [0.3, 0.4) is 0 Å². The number of pyridine rings is 1. The Morgan fingerprint density at radius 1 is 1.26 bits per heavy atom. The summed E-state index contributed by atoms with van der Waals surface area (Å²) in [7, 11) is 1.83. The molecule has 0 aliphatic rings. The maximum atomic E-state index is 11.8. The smallest absolute Gasteiger partial charge is 0.258 e. The van der Waals surface area contributed by atoms with Crippen molar-refractivity contribution in [2.75, 3.05) is 0 Å². The Morgan fingerprint density at radius 3 is 2.74 bits per heavy atom. The predicted molar refractivity (Wildman–Crippen MR) is 76.8 cm³/mol. The second-order valence-corrected chi connectivity index (χ2v) is 4.98. The van der Waals surface area contributed by atoms with Crippen LogP contribution in [0.15, 0.2) is 35.3 Å². The minimum atomic E-state index is -0.182. The average Bonchev–Trinajstić information content (AvgIpc) is 2.68. The van der Waals surface area contributed by atoms with E-state index in [-0.39, 0.29) is 5.56 Å². The topological polar surface area (TPSA) is 50.7 Å². The molecule has 1 N–H and O–H groups in total. The molecule has 19 heavy (non-hydrogen) atoms. The number of H-pyrrole nitrogens is 1. The van der Waals surface area contributed by atoms with Gasteiger partial charge in [0.05, 0.1) is 26.6 Å². The maximum absolute atomic E-state index is 11.8. The summed E-state index contributed by atoms with van der Waals surface area (Å²) in [5, 5.41) is 0.909. The number of rotatable bonds is 1. The highest BCUT2D eigenvalue weighted by molar-refractivity contribution is 6.42. The molecule has 0 unspecified atom stereocenters. The van der Waals surface area contributed by atoms with Gasteiger partial charge in [0.15, 0.2) is 0 Å². The van der Waals surface area contributed by atoms with Crippen LogP contribution in [0.1, 0.15) is 0 Å². The van der Waals surface area contributed by atoms with E-state index in [9.17, 15) is 4.79 Å². The molecule has 0 fully saturated rings. The third-order valence-electron chi connectivity index (χ3n) is 2.98. The zero-order chi connectivity index (χ0) is 13.6. The number of nitrogens with one attached hydrogen (secondary N) is 1.